The monoisotopic (exact) mass is 141 g/mol. The van der Waals surface area contributed by atoms with Crippen LogP contribution in [0.4, 0.5) is 0 Å². The molecular formula is C8H17N2. The van der Waals surface area contributed by atoms with Crippen molar-refractivity contribution in [3.63, 3.8) is 0 Å². The number of hydrogen-bond acceptors (Lipinski definition) is 1. The zero-order valence-corrected chi connectivity index (χ0v) is 6.77. The molecule has 1 fully saturated rings. The van der Waals surface area contributed by atoms with Crippen molar-refractivity contribution in [3.8, 4) is 0 Å². The highest BCUT2D eigenvalue weighted by atomic mass is 15.0. The summed E-state index contributed by atoms with van der Waals surface area (Å²) in [6.45, 7) is 3.99. The molecule has 0 saturated carbocycles. The van der Waals surface area contributed by atoms with E-state index in [1.807, 2.05) is 0 Å². The van der Waals surface area contributed by atoms with Crippen LogP contribution in [0, 0.1) is 0 Å². The van der Waals surface area contributed by atoms with E-state index in [1.165, 1.54) is 25.7 Å². The second-order valence-corrected chi connectivity index (χ2v) is 3.16. The van der Waals surface area contributed by atoms with Crippen LogP contribution in [0.3, 0.4) is 0 Å². The highest BCUT2D eigenvalue weighted by Crippen LogP contribution is 2.24. The number of hydrogen-bond donors (Lipinski definition) is 1. The highest BCUT2D eigenvalue weighted by Gasteiger charge is 2.31. The van der Waals surface area contributed by atoms with Crippen molar-refractivity contribution < 1.29 is 0 Å². The molecule has 1 rings (SSSR count). The Labute approximate surface area is 63.2 Å². The molecule has 1 heterocycles. The molecule has 1 unspecified atom stereocenters. The van der Waals surface area contributed by atoms with Crippen LogP contribution in [0.15, 0.2) is 0 Å². The fourth-order valence-electron chi connectivity index (χ4n) is 1.74. The lowest BCUT2D eigenvalue weighted by atomic mass is 9.92. The van der Waals surface area contributed by atoms with Crippen LogP contribution < -0.4 is 11.1 Å². The average Bonchev–Trinajstić information content (AvgIpc) is 2.39. The van der Waals surface area contributed by atoms with Gasteiger partial charge in [0.15, 0.2) is 0 Å². The maximum Gasteiger partial charge on any atom is 0.0479 e. The smallest absolute Gasteiger partial charge is 0.0479 e. The van der Waals surface area contributed by atoms with Crippen molar-refractivity contribution in [1.29, 1.82) is 0 Å². The molecule has 1 aliphatic rings. The number of rotatable bonds is 3. The van der Waals surface area contributed by atoms with Crippen molar-refractivity contribution in [3.05, 3.63) is 0 Å². The molecule has 1 radical (unpaired) electrons. The Morgan fingerprint density at radius 3 is 2.80 bits per heavy atom. The van der Waals surface area contributed by atoms with E-state index in [2.05, 4.69) is 12.2 Å². The van der Waals surface area contributed by atoms with Gasteiger partial charge in [0.25, 0.3) is 0 Å². The summed E-state index contributed by atoms with van der Waals surface area (Å²) >= 11 is 0. The van der Waals surface area contributed by atoms with Crippen LogP contribution in [-0.2, 0) is 0 Å². The van der Waals surface area contributed by atoms with E-state index in [4.69, 9.17) is 5.73 Å². The second kappa shape index (κ2) is 3.35. The molecule has 1 atom stereocenters. The van der Waals surface area contributed by atoms with Gasteiger partial charge in [0.1, 0.15) is 0 Å². The average molecular weight is 141 g/mol. The SMILES string of the molecule is CCCC1(CN)CCC[N]1. The summed E-state index contributed by atoms with van der Waals surface area (Å²) in [6, 6.07) is 0. The van der Waals surface area contributed by atoms with E-state index in [-0.39, 0.29) is 5.54 Å². The minimum absolute atomic E-state index is 0.189. The lowest BCUT2D eigenvalue weighted by Crippen LogP contribution is -2.42. The summed E-state index contributed by atoms with van der Waals surface area (Å²) in [4.78, 5) is 0. The van der Waals surface area contributed by atoms with Crippen LogP contribution in [-0.4, -0.2) is 18.6 Å². The van der Waals surface area contributed by atoms with Crippen LogP contribution >= 0.6 is 0 Å². The zero-order valence-electron chi connectivity index (χ0n) is 6.77. The van der Waals surface area contributed by atoms with E-state index in [9.17, 15) is 0 Å². The maximum atomic E-state index is 5.66. The Balaban J connectivity index is 2.41. The molecule has 2 nitrogen and oxygen atoms in total. The first-order valence-electron chi connectivity index (χ1n) is 4.22. The Morgan fingerprint density at radius 1 is 1.60 bits per heavy atom. The van der Waals surface area contributed by atoms with E-state index in [0.29, 0.717) is 0 Å². The summed E-state index contributed by atoms with van der Waals surface area (Å²) < 4.78 is 0. The molecule has 1 aliphatic heterocycles. The largest absolute Gasteiger partial charge is 0.329 e. The molecule has 0 spiro atoms. The standard InChI is InChI=1S/C8H17N2/c1-2-4-8(7-9)5-3-6-10-8/h2-7,9H2,1H3. The summed E-state index contributed by atoms with van der Waals surface area (Å²) in [5.41, 5.74) is 5.85. The van der Waals surface area contributed by atoms with E-state index >= 15 is 0 Å². The first-order valence-corrected chi connectivity index (χ1v) is 4.22. The molecule has 0 aromatic heterocycles. The number of nitrogens with two attached hydrogens (primary N) is 1. The molecule has 59 valence electrons. The Bertz CT molecular complexity index is 95.4. The number of nitrogens with zero attached hydrogens (tertiary/aromatic N) is 1. The summed E-state index contributed by atoms with van der Waals surface area (Å²) in [7, 11) is 0. The fraction of sp³-hybridized carbons (Fsp3) is 1.00. The van der Waals surface area contributed by atoms with Crippen LogP contribution in [0.5, 0.6) is 0 Å². The van der Waals surface area contributed by atoms with Crippen molar-refractivity contribution in [2.45, 2.75) is 38.1 Å². The predicted molar refractivity (Wildman–Crippen MR) is 42.9 cm³/mol. The van der Waals surface area contributed by atoms with Gasteiger partial charge in [0, 0.05) is 18.6 Å². The lowest BCUT2D eigenvalue weighted by molar-refractivity contribution is 0.348. The van der Waals surface area contributed by atoms with Gasteiger partial charge in [-0.05, 0) is 19.3 Å². The third-order valence-corrected chi connectivity index (χ3v) is 2.34. The van der Waals surface area contributed by atoms with Crippen LogP contribution in [0.2, 0.25) is 0 Å². The maximum absolute atomic E-state index is 5.66. The Morgan fingerprint density at radius 2 is 2.40 bits per heavy atom. The van der Waals surface area contributed by atoms with Gasteiger partial charge in [-0.15, -0.1) is 0 Å². The lowest BCUT2D eigenvalue weighted by Gasteiger charge is -2.25. The summed E-state index contributed by atoms with van der Waals surface area (Å²) in [5.74, 6) is 0. The fourth-order valence-corrected chi connectivity index (χ4v) is 1.74. The van der Waals surface area contributed by atoms with E-state index in [1.54, 1.807) is 0 Å². The third kappa shape index (κ3) is 1.50. The predicted octanol–water partition coefficient (Wildman–Crippen LogP) is 0.882. The third-order valence-electron chi connectivity index (χ3n) is 2.34. The highest BCUT2D eigenvalue weighted by molar-refractivity contribution is 4.92. The molecule has 0 aromatic rings. The summed E-state index contributed by atoms with van der Waals surface area (Å²) in [6.07, 6.45) is 4.86. The van der Waals surface area contributed by atoms with Gasteiger partial charge in [-0.2, -0.15) is 0 Å². The molecule has 0 bridgehead atoms. The van der Waals surface area contributed by atoms with Crippen molar-refractivity contribution in [2.75, 3.05) is 13.1 Å². The van der Waals surface area contributed by atoms with Crippen molar-refractivity contribution in [2.24, 2.45) is 5.73 Å². The molecule has 0 aliphatic carbocycles. The molecule has 0 amide bonds. The molecule has 10 heavy (non-hydrogen) atoms. The van der Waals surface area contributed by atoms with Crippen molar-refractivity contribution >= 4 is 0 Å². The molecular weight excluding hydrogens is 124 g/mol. The van der Waals surface area contributed by atoms with Gasteiger partial charge in [-0.3, -0.25) is 0 Å². The van der Waals surface area contributed by atoms with E-state index in [0.717, 1.165) is 13.1 Å². The summed E-state index contributed by atoms with van der Waals surface area (Å²) in [5, 5.41) is 4.55. The topological polar surface area (TPSA) is 40.1 Å². The molecule has 2 N–H and O–H groups in total. The normalized spacial score (nSPS) is 33.0. The minimum Gasteiger partial charge on any atom is -0.329 e. The Hall–Kier alpha value is -0.0800. The molecule has 0 aromatic carbocycles. The second-order valence-electron chi connectivity index (χ2n) is 3.16. The van der Waals surface area contributed by atoms with E-state index < -0.39 is 0 Å². The first kappa shape index (κ1) is 8.02. The zero-order chi connectivity index (χ0) is 7.45. The van der Waals surface area contributed by atoms with Gasteiger partial charge in [0.05, 0.1) is 0 Å². The Kier molecular flexibility index (Phi) is 2.69. The van der Waals surface area contributed by atoms with Gasteiger partial charge in [-0.1, -0.05) is 13.3 Å². The molecule has 1 saturated heterocycles. The van der Waals surface area contributed by atoms with Gasteiger partial charge in [-0.25, -0.2) is 5.32 Å². The molecule has 2 heteroatoms. The minimum atomic E-state index is 0.189. The van der Waals surface area contributed by atoms with Gasteiger partial charge in [0.2, 0.25) is 0 Å². The van der Waals surface area contributed by atoms with Gasteiger partial charge >= 0.3 is 0 Å². The van der Waals surface area contributed by atoms with Crippen LogP contribution in [0.1, 0.15) is 32.6 Å². The van der Waals surface area contributed by atoms with Gasteiger partial charge < -0.3 is 5.73 Å². The first-order chi connectivity index (χ1) is 4.83. The van der Waals surface area contributed by atoms with Crippen LogP contribution in [0.25, 0.3) is 0 Å². The quantitative estimate of drug-likeness (QED) is 0.622. The van der Waals surface area contributed by atoms with Crippen molar-refractivity contribution in [1.82, 2.24) is 5.32 Å².